The molecule has 2 N–H and O–H groups in total. The van der Waals surface area contributed by atoms with Gasteiger partial charge < -0.3 is 14.7 Å². The third-order valence-electron chi connectivity index (χ3n) is 2.93. The fourth-order valence-electron chi connectivity index (χ4n) is 2.01. The Morgan fingerprint density at radius 3 is 3.00 bits per heavy atom. The third-order valence-corrected chi connectivity index (χ3v) is 2.93. The van der Waals surface area contributed by atoms with Gasteiger partial charge in [0.25, 0.3) is 5.56 Å². The van der Waals surface area contributed by atoms with Crippen molar-refractivity contribution in [2.45, 2.75) is 13.2 Å². The standard InChI is InChI=1S/C13H12N4O2/c18-8-12-14-5-6-17(12)7-11-15-10-4-2-1-3-9(10)13(19)16-11/h1-6,18H,7-8H2,(H,15,16,19). The van der Waals surface area contributed by atoms with Crippen molar-refractivity contribution in [2.75, 3.05) is 0 Å². The largest absolute Gasteiger partial charge is 0.388 e. The minimum atomic E-state index is -0.161. The maximum Gasteiger partial charge on any atom is 0.258 e. The lowest BCUT2D eigenvalue weighted by molar-refractivity contribution is 0.266. The number of aromatic amines is 1. The van der Waals surface area contributed by atoms with Crippen LogP contribution in [0.2, 0.25) is 0 Å². The van der Waals surface area contributed by atoms with E-state index in [1.54, 1.807) is 35.2 Å². The SMILES string of the molecule is O=c1[nH]c(Cn2ccnc2CO)nc2ccccc12. The molecule has 6 heteroatoms. The van der Waals surface area contributed by atoms with E-state index in [0.717, 1.165) is 0 Å². The molecule has 0 bridgehead atoms. The highest BCUT2D eigenvalue weighted by atomic mass is 16.3. The number of nitrogens with zero attached hydrogens (tertiary/aromatic N) is 3. The van der Waals surface area contributed by atoms with Crippen LogP contribution in [0.1, 0.15) is 11.6 Å². The molecule has 3 rings (SSSR count). The zero-order chi connectivity index (χ0) is 13.2. The molecule has 96 valence electrons. The van der Waals surface area contributed by atoms with Gasteiger partial charge in [-0.15, -0.1) is 0 Å². The number of para-hydroxylation sites is 1. The van der Waals surface area contributed by atoms with Gasteiger partial charge in [0.05, 0.1) is 17.4 Å². The number of rotatable bonds is 3. The molecule has 19 heavy (non-hydrogen) atoms. The Balaban J connectivity index is 2.04. The molecule has 0 spiro atoms. The summed E-state index contributed by atoms with van der Waals surface area (Å²) in [6.45, 7) is 0.223. The van der Waals surface area contributed by atoms with Crippen LogP contribution < -0.4 is 5.56 Å². The molecular formula is C13H12N4O2. The van der Waals surface area contributed by atoms with Crippen LogP contribution in [0.15, 0.2) is 41.5 Å². The number of aliphatic hydroxyl groups is 1. The van der Waals surface area contributed by atoms with Crippen LogP contribution in [-0.4, -0.2) is 24.6 Å². The normalized spacial score (nSPS) is 11.0. The summed E-state index contributed by atoms with van der Waals surface area (Å²) < 4.78 is 1.74. The van der Waals surface area contributed by atoms with E-state index in [-0.39, 0.29) is 12.2 Å². The first kappa shape index (κ1) is 11.6. The monoisotopic (exact) mass is 256 g/mol. The van der Waals surface area contributed by atoms with Crippen molar-refractivity contribution < 1.29 is 5.11 Å². The molecule has 0 atom stereocenters. The number of H-pyrrole nitrogens is 1. The van der Waals surface area contributed by atoms with Gasteiger partial charge in [-0.25, -0.2) is 9.97 Å². The highest BCUT2D eigenvalue weighted by Crippen LogP contribution is 2.07. The summed E-state index contributed by atoms with van der Waals surface area (Å²) >= 11 is 0. The van der Waals surface area contributed by atoms with Gasteiger partial charge in [0.15, 0.2) is 0 Å². The van der Waals surface area contributed by atoms with Crippen molar-refractivity contribution in [2.24, 2.45) is 0 Å². The minimum absolute atomic E-state index is 0.148. The maximum absolute atomic E-state index is 11.9. The summed E-state index contributed by atoms with van der Waals surface area (Å²) in [6.07, 6.45) is 3.34. The van der Waals surface area contributed by atoms with Crippen molar-refractivity contribution in [3.05, 3.63) is 58.7 Å². The Bertz CT molecular complexity index is 775. The van der Waals surface area contributed by atoms with Gasteiger partial charge in [0, 0.05) is 12.4 Å². The molecule has 0 saturated heterocycles. The zero-order valence-corrected chi connectivity index (χ0v) is 10.1. The Labute approximate surface area is 108 Å². The van der Waals surface area contributed by atoms with Gasteiger partial charge in [0.2, 0.25) is 0 Å². The first-order valence-corrected chi connectivity index (χ1v) is 5.87. The van der Waals surface area contributed by atoms with Crippen LogP contribution in [0.5, 0.6) is 0 Å². The van der Waals surface area contributed by atoms with E-state index < -0.39 is 0 Å². The van der Waals surface area contributed by atoms with E-state index in [0.29, 0.717) is 29.1 Å². The predicted octanol–water partition coefficient (Wildman–Crippen LogP) is 0.660. The summed E-state index contributed by atoms with van der Waals surface area (Å²) in [6, 6.07) is 7.18. The number of benzene rings is 1. The molecule has 0 amide bonds. The molecule has 2 heterocycles. The third kappa shape index (κ3) is 2.13. The van der Waals surface area contributed by atoms with Crippen molar-refractivity contribution in [3.8, 4) is 0 Å². The van der Waals surface area contributed by atoms with Gasteiger partial charge in [-0.05, 0) is 12.1 Å². The number of fused-ring (bicyclic) bond motifs is 1. The van der Waals surface area contributed by atoms with E-state index >= 15 is 0 Å². The molecule has 0 unspecified atom stereocenters. The average Bonchev–Trinajstić information content (AvgIpc) is 2.86. The van der Waals surface area contributed by atoms with Crippen LogP contribution in [-0.2, 0) is 13.2 Å². The lowest BCUT2D eigenvalue weighted by Gasteiger charge is -2.06. The summed E-state index contributed by atoms with van der Waals surface area (Å²) in [7, 11) is 0. The quantitative estimate of drug-likeness (QED) is 0.721. The molecule has 2 aromatic heterocycles. The molecular weight excluding hydrogens is 244 g/mol. The number of hydrogen-bond acceptors (Lipinski definition) is 4. The number of aliphatic hydroxyl groups excluding tert-OH is 1. The van der Waals surface area contributed by atoms with E-state index in [4.69, 9.17) is 5.11 Å². The summed E-state index contributed by atoms with van der Waals surface area (Å²) in [5.74, 6) is 1.08. The second-order valence-corrected chi connectivity index (χ2v) is 4.16. The van der Waals surface area contributed by atoms with Gasteiger partial charge in [0.1, 0.15) is 18.3 Å². The van der Waals surface area contributed by atoms with E-state index in [1.165, 1.54) is 0 Å². The smallest absolute Gasteiger partial charge is 0.258 e. The second kappa shape index (κ2) is 4.66. The Morgan fingerprint density at radius 1 is 1.32 bits per heavy atom. The van der Waals surface area contributed by atoms with Gasteiger partial charge in [-0.3, -0.25) is 4.79 Å². The van der Waals surface area contributed by atoms with Crippen molar-refractivity contribution in [1.29, 1.82) is 0 Å². The number of aromatic nitrogens is 4. The van der Waals surface area contributed by atoms with Crippen LogP contribution >= 0.6 is 0 Å². The molecule has 1 aromatic carbocycles. The topological polar surface area (TPSA) is 83.8 Å². The fraction of sp³-hybridized carbons (Fsp3) is 0.154. The summed E-state index contributed by atoms with van der Waals surface area (Å²) in [5.41, 5.74) is 0.498. The molecule has 0 fully saturated rings. The van der Waals surface area contributed by atoms with Crippen LogP contribution in [0, 0.1) is 0 Å². The molecule has 3 aromatic rings. The van der Waals surface area contributed by atoms with Crippen LogP contribution in [0.3, 0.4) is 0 Å². The van der Waals surface area contributed by atoms with Crippen LogP contribution in [0.4, 0.5) is 0 Å². The highest BCUT2D eigenvalue weighted by Gasteiger charge is 2.06. The van der Waals surface area contributed by atoms with Gasteiger partial charge in [-0.2, -0.15) is 0 Å². The van der Waals surface area contributed by atoms with Gasteiger partial charge >= 0.3 is 0 Å². The Kier molecular flexibility index (Phi) is 2.85. The fourth-order valence-corrected chi connectivity index (χ4v) is 2.01. The predicted molar refractivity (Wildman–Crippen MR) is 69.6 cm³/mol. The van der Waals surface area contributed by atoms with Crippen molar-refractivity contribution in [1.82, 2.24) is 19.5 Å². The van der Waals surface area contributed by atoms with E-state index in [2.05, 4.69) is 15.0 Å². The van der Waals surface area contributed by atoms with E-state index in [9.17, 15) is 4.79 Å². The molecule has 0 saturated carbocycles. The average molecular weight is 256 g/mol. The molecule has 0 aliphatic rings. The lowest BCUT2D eigenvalue weighted by atomic mass is 10.2. The summed E-state index contributed by atoms with van der Waals surface area (Å²) in [5, 5.41) is 9.70. The molecule has 0 aliphatic carbocycles. The van der Waals surface area contributed by atoms with Crippen molar-refractivity contribution >= 4 is 10.9 Å². The first-order chi connectivity index (χ1) is 9.28. The Hall–Kier alpha value is -2.47. The molecule has 6 nitrogen and oxygen atoms in total. The highest BCUT2D eigenvalue weighted by molar-refractivity contribution is 5.77. The number of nitrogens with one attached hydrogen (secondary N) is 1. The lowest BCUT2D eigenvalue weighted by Crippen LogP contribution is -2.15. The number of hydrogen-bond donors (Lipinski definition) is 2. The van der Waals surface area contributed by atoms with Crippen LogP contribution in [0.25, 0.3) is 10.9 Å². The number of imidazole rings is 1. The Morgan fingerprint density at radius 2 is 2.16 bits per heavy atom. The van der Waals surface area contributed by atoms with E-state index in [1.807, 2.05) is 6.07 Å². The summed E-state index contributed by atoms with van der Waals surface area (Å²) in [4.78, 5) is 23.1. The first-order valence-electron chi connectivity index (χ1n) is 5.87. The second-order valence-electron chi connectivity index (χ2n) is 4.16. The maximum atomic E-state index is 11.9. The minimum Gasteiger partial charge on any atom is -0.388 e. The zero-order valence-electron chi connectivity index (χ0n) is 10.1. The van der Waals surface area contributed by atoms with Gasteiger partial charge in [-0.1, -0.05) is 12.1 Å². The molecule has 0 radical (unpaired) electrons. The van der Waals surface area contributed by atoms with Crippen molar-refractivity contribution in [3.63, 3.8) is 0 Å². The molecule has 0 aliphatic heterocycles.